The average Bonchev–Trinajstić information content (AvgIpc) is 2.07. The van der Waals surface area contributed by atoms with Crippen LogP contribution in [0, 0.1) is 5.41 Å². The number of unbranched alkanes of at least 4 members (excludes halogenated alkanes) is 1. The van der Waals surface area contributed by atoms with Crippen LogP contribution in [0.2, 0.25) is 0 Å². The molecule has 0 aliphatic heterocycles. The third kappa shape index (κ3) is 8.71. The molecule has 0 N–H and O–H groups in total. The molecule has 0 amide bonds. The Hall–Kier alpha value is -0.580. The van der Waals surface area contributed by atoms with Crippen molar-refractivity contribution in [3.05, 3.63) is 0 Å². The van der Waals surface area contributed by atoms with E-state index in [1.54, 1.807) is 0 Å². The van der Waals surface area contributed by atoms with Crippen LogP contribution in [0.5, 0.6) is 0 Å². The molecule has 0 bridgehead atoms. The van der Waals surface area contributed by atoms with Crippen LogP contribution < -0.4 is 0 Å². The van der Waals surface area contributed by atoms with E-state index in [-0.39, 0.29) is 17.8 Å². The highest BCUT2D eigenvalue weighted by Crippen LogP contribution is 2.18. The Balaban J connectivity index is 3.45. The lowest BCUT2D eigenvalue weighted by Crippen LogP contribution is -2.20. The smallest absolute Gasteiger partial charge is 0.372 e. The fourth-order valence-corrected chi connectivity index (χ4v) is 1.05. The third-order valence-electron chi connectivity index (χ3n) is 2.04. The van der Waals surface area contributed by atoms with Gasteiger partial charge < -0.3 is 4.74 Å². The molecule has 0 aliphatic carbocycles. The van der Waals surface area contributed by atoms with Crippen LogP contribution in [0.15, 0.2) is 0 Å². The highest BCUT2D eigenvalue weighted by Gasteiger charge is 2.27. The molecule has 0 aliphatic rings. The first kappa shape index (κ1) is 15.4. The molecular formula is C11H19F3O2. The van der Waals surface area contributed by atoms with Gasteiger partial charge in [-0.1, -0.05) is 20.8 Å². The monoisotopic (exact) mass is 240 g/mol. The summed E-state index contributed by atoms with van der Waals surface area (Å²) in [6.45, 7) is 4.33. The zero-order valence-electron chi connectivity index (χ0n) is 9.99. The molecule has 0 radical (unpaired) electrons. The molecule has 0 aromatic carbocycles. The van der Waals surface area contributed by atoms with Gasteiger partial charge in [-0.25, -0.2) is 0 Å². The molecule has 2 nitrogen and oxygen atoms in total. The molecule has 0 aromatic heterocycles. The maximum atomic E-state index is 11.7. The fraction of sp³-hybridized carbons (Fsp3) is 0.909. The summed E-state index contributed by atoms with van der Waals surface area (Å²) in [6.07, 6.45) is -2.80. The molecule has 0 aromatic rings. The molecule has 5 heteroatoms. The van der Waals surface area contributed by atoms with E-state index in [2.05, 4.69) is 4.74 Å². The molecule has 0 unspecified atom stereocenters. The molecule has 0 spiro atoms. The largest absolute Gasteiger partial charge is 0.411 e. The van der Waals surface area contributed by atoms with Crippen LogP contribution in [0.3, 0.4) is 0 Å². The summed E-state index contributed by atoms with van der Waals surface area (Å²) in [5, 5.41) is 0. The van der Waals surface area contributed by atoms with E-state index < -0.39 is 12.8 Å². The van der Waals surface area contributed by atoms with Crippen LogP contribution in [0.4, 0.5) is 13.2 Å². The normalized spacial score (nSPS) is 12.9. The lowest BCUT2D eigenvalue weighted by molar-refractivity contribution is -0.174. The lowest BCUT2D eigenvalue weighted by Gasteiger charge is -2.16. The Labute approximate surface area is 94.2 Å². The Kier molecular flexibility index (Phi) is 6.00. The molecule has 0 saturated heterocycles. The number of carbonyl (C=O) groups excluding carboxylic acids is 1. The van der Waals surface area contributed by atoms with Crippen LogP contribution in [0.25, 0.3) is 0 Å². The van der Waals surface area contributed by atoms with Crippen molar-refractivity contribution in [2.75, 3.05) is 13.2 Å². The molecule has 0 saturated carbocycles. The highest BCUT2D eigenvalue weighted by atomic mass is 19.4. The Morgan fingerprint density at radius 1 is 1.12 bits per heavy atom. The fourth-order valence-electron chi connectivity index (χ4n) is 1.05. The second-order valence-corrected chi connectivity index (χ2v) is 4.80. The van der Waals surface area contributed by atoms with Crippen LogP contribution in [-0.2, 0) is 9.53 Å². The zero-order valence-corrected chi connectivity index (χ0v) is 9.99. The van der Waals surface area contributed by atoms with Gasteiger partial charge in [-0.05, 0) is 12.8 Å². The predicted octanol–water partition coefficient (Wildman–Crippen LogP) is 3.35. The van der Waals surface area contributed by atoms with Gasteiger partial charge in [0.15, 0.2) is 0 Å². The minimum absolute atomic E-state index is 0.0525. The van der Waals surface area contributed by atoms with Gasteiger partial charge in [0.05, 0.1) is 0 Å². The van der Waals surface area contributed by atoms with Crippen LogP contribution in [-0.4, -0.2) is 25.2 Å². The number of carbonyl (C=O) groups is 1. The molecule has 96 valence electrons. The number of Topliss-reactive ketones (excluding diaryl/α,β-unsaturated/α-hetero) is 1. The molecular weight excluding hydrogens is 221 g/mol. The number of ketones is 1. The summed E-state index contributed by atoms with van der Waals surface area (Å²) in [5.74, 6) is 0.128. The summed E-state index contributed by atoms with van der Waals surface area (Å²) >= 11 is 0. The van der Waals surface area contributed by atoms with E-state index >= 15 is 0 Å². The second kappa shape index (κ2) is 6.23. The van der Waals surface area contributed by atoms with E-state index in [1.807, 2.05) is 20.8 Å². The number of alkyl halides is 3. The standard InChI is InChI=1S/C11H19F3O2/c1-10(2,3)9(15)6-4-5-7-16-8-11(12,13)14/h4-8H2,1-3H3. The van der Waals surface area contributed by atoms with Crippen molar-refractivity contribution in [3.63, 3.8) is 0 Å². The first-order valence-corrected chi connectivity index (χ1v) is 5.31. The summed E-state index contributed by atoms with van der Waals surface area (Å²) in [4.78, 5) is 11.4. The first-order valence-electron chi connectivity index (χ1n) is 5.31. The SMILES string of the molecule is CC(C)(C)C(=O)CCCCOCC(F)(F)F. The molecule has 0 rings (SSSR count). The molecule has 16 heavy (non-hydrogen) atoms. The van der Waals surface area contributed by atoms with Crippen molar-refractivity contribution in [1.82, 2.24) is 0 Å². The minimum Gasteiger partial charge on any atom is -0.372 e. The average molecular weight is 240 g/mol. The van der Waals surface area contributed by atoms with Gasteiger partial charge in [0, 0.05) is 18.4 Å². The quantitative estimate of drug-likeness (QED) is 0.665. The van der Waals surface area contributed by atoms with Crippen molar-refractivity contribution < 1.29 is 22.7 Å². The van der Waals surface area contributed by atoms with E-state index in [9.17, 15) is 18.0 Å². The topological polar surface area (TPSA) is 26.3 Å². The molecule has 0 atom stereocenters. The van der Waals surface area contributed by atoms with Gasteiger partial charge in [0.2, 0.25) is 0 Å². The lowest BCUT2D eigenvalue weighted by atomic mass is 9.88. The van der Waals surface area contributed by atoms with Gasteiger partial charge in [-0.3, -0.25) is 4.79 Å². The minimum atomic E-state index is -4.26. The van der Waals surface area contributed by atoms with E-state index in [4.69, 9.17) is 0 Å². The zero-order chi connectivity index (χ0) is 12.8. The number of halogens is 3. The second-order valence-electron chi connectivity index (χ2n) is 4.80. The number of ether oxygens (including phenoxy) is 1. The van der Waals surface area contributed by atoms with Crippen molar-refractivity contribution >= 4 is 5.78 Å². The number of rotatable bonds is 6. The summed E-state index contributed by atoms with van der Waals surface area (Å²) in [6, 6.07) is 0. The maximum absolute atomic E-state index is 11.7. The van der Waals surface area contributed by atoms with Crippen molar-refractivity contribution in [3.8, 4) is 0 Å². The summed E-state index contributed by atoms with van der Waals surface area (Å²) in [7, 11) is 0. The van der Waals surface area contributed by atoms with Gasteiger partial charge in [0.1, 0.15) is 12.4 Å². The van der Waals surface area contributed by atoms with Crippen molar-refractivity contribution in [2.45, 2.75) is 46.2 Å². The van der Waals surface area contributed by atoms with Gasteiger partial charge in [-0.15, -0.1) is 0 Å². The third-order valence-corrected chi connectivity index (χ3v) is 2.04. The van der Waals surface area contributed by atoms with Crippen molar-refractivity contribution in [2.24, 2.45) is 5.41 Å². The van der Waals surface area contributed by atoms with Crippen LogP contribution >= 0.6 is 0 Å². The van der Waals surface area contributed by atoms with Crippen LogP contribution in [0.1, 0.15) is 40.0 Å². The summed E-state index contributed by atoms with van der Waals surface area (Å²) < 4.78 is 39.4. The van der Waals surface area contributed by atoms with Crippen molar-refractivity contribution in [1.29, 1.82) is 0 Å². The van der Waals surface area contributed by atoms with Gasteiger partial charge >= 0.3 is 6.18 Å². The van der Waals surface area contributed by atoms with Gasteiger partial charge in [-0.2, -0.15) is 13.2 Å². The molecule has 0 fully saturated rings. The summed E-state index contributed by atoms with van der Waals surface area (Å²) in [5.41, 5.74) is -0.368. The van der Waals surface area contributed by atoms with E-state index in [0.29, 0.717) is 19.3 Å². The highest BCUT2D eigenvalue weighted by molar-refractivity contribution is 5.83. The number of hydrogen-bond donors (Lipinski definition) is 0. The van der Waals surface area contributed by atoms with E-state index in [1.165, 1.54) is 0 Å². The Morgan fingerprint density at radius 3 is 2.12 bits per heavy atom. The molecule has 0 heterocycles. The Bertz CT molecular complexity index is 216. The predicted molar refractivity (Wildman–Crippen MR) is 55.2 cm³/mol. The van der Waals surface area contributed by atoms with Gasteiger partial charge in [0.25, 0.3) is 0 Å². The maximum Gasteiger partial charge on any atom is 0.411 e. The number of hydrogen-bond acceptors (Lipinski definition) is 2. The first-order chi connectivity index (χ1) is 7.13. The Morgan fingerprint density at radius 2 is 1.69 bits per heavy atom. The van der Waals surface area contributed by atoms with E-state index in [0.717, 1.165) is 0 Å².